The lowest BCUT2D eigenvalue weighted by molar-refractivity contribution is -0.137. The molecule has 0 aromatic heterocycles. The minimum absolute atomic E-state index is 0.114. The molecule has 0 radical (unpaired) electrons. The summed E-state index contributed by atoms with van der Waals surface area (Å²) in [7, 11) is 0. The van der Waals surface area contributed by atoms with Crippen LogP contribution in [0.3, 0.4) is 0 Å². The van der Waals surface area contributed by atoms with E-state index >= 15 is 0 Å². The highest BCUT2D eigenvalue weighted by Gasteiger charge is 2.61. The van der Waals surface area contributed by atoms with E-state index in [4.69, 9.17) is 4.74 Å². The summed E-state index contributed by atoms with van der Waals surface area (Å²) < 4.78 is 6.36. The molecule has 2 nitrogen and oxygen atoms in total. The number of ketones is 1. The van der Waals surface area contributed by atoms with Crippen LogP contribution >= 0.6 is 0 Å². The third-order valence-corrected chi connectivity index (χ3v) is 10.6. The van der Waals surface area contributed by atoms with E-state index in [0.717, 1.165) is 30.6 Å². The van der Waals surface area contributed by atoms with Crippen molar-refractivity contribution < 1.29 is 9.53 Å². The zero-order valence-electron chi connectivity index (χ0n) is 23.0. The van der Waals surface area contributed by atoms with E-state index in [0.29, 0.717) is 23.0 Å². The molecule has 4 aliphatic rings. The molecule has 0 bridgehead atoms. The number of fused-ring (bicyclic) bond motifs is 5. The molecule has 0 aliphatic heterocycles. The molecule has 4 aliphatic carbocycles. The van der Waals surface area contributed by atoms with Crippen molar-refractivity contribution in [2.24, 2.45) is 46.3 Å². The molecular weight excluding hydrogens is 404 g/mol. The molecule has 0 saturated heterocycles. The van der Waals surface area contributed by atoms with Crippen molar-refractivity contribution in [3.63, 3.8) is 0 Å². The lowest BCUT2D eigenvalue weighted by atomic mass is 9.46. The fraction of sp³-hybridized carbons (Fsp3) is 0.903. The Morgan fingerprint density at radius 3 is 2.39 bits per heavy atom. The molecule has 0 aromatic carbocycles. The van der Waals surface area contributed by atoms with E-state index in [9.17, 15) is 4.79 Å². The van der Waals surface area contributed by atoms with Crippen molar-refractivity contribution in [3.05, 3.63) is 11.6 Å². The summed E-state index contributed by atoms with van der Waals surface area (Å²) in [5.41, 5.74) is 1.87. The van der Waals surface area contributed by atoms with Gasteiger partial charge in [0.05, 0.1) is 11.7 Å². The Balaban J connectivity index is 1.51. The molecule has 2 heteroatoms. The zero-order valence-corrected chi connectivity index (χ0v) is 23.0. The quantitative estimate of drug-likeness (QED) is 0.401. The summed E-state index contributed by atoms with van der Waals surface area (Å²) in [6.45, 7) is 18.7. The lowest BCUT2D eigenvalue weighted by Gasteiger charge is -2.58. The highest BCUT2D eigenvalue weighted by molar-refractivity contribution is 5.94. The summed E-state index contributed by atoms with van der Waals surface area (Å²) in [4.78, 5) is 13.7. The maximum atomic E-state index is 13.7. The first-order valence-corrected chi connectivity index (χ1v) is 14.3. The van der Waals surface area contributed by atoms with E-state index in [1.165, 1.54) is 56.9 Å². The van der Waals surface area contributed by atoms with Crippen LogP contribution in [0.1, 0.15) is 120 Å². The van der Waals surface area contributed by atoms with Crippen LogP contribution in [0.5, 0.6) is 0 Å². The van der Waals surface area contributed by atoms with Crippen molar-refractivity contribution in [1.29, 1.82) is 0 Å². The van der Waals surface area contributed by atoms with E-state index in [-0.39, 0.29) is 23.0 Å². The minimum Gasteiger partial charge on any atom is -0.372 e. The maximum Gasteiger partial charge on any atom is 0.159 e. The average Bonchev–Trinajstić information content (AvgIpc) is 3.05. The second-order valence-corrected chi connectivity index (χ2v) is 14.4. The Bertz CT molecular complexity index is 757. The molecule has 0 spiro atoms. The molecule has 33 heavy (non-hydrogen) atoms. The molecule has 4 rings (SSSR count). The highest BCUT2D eigenvalue weighted by atomic mass is 16.5. The van der Waals surface area contributed by atoms with Crippen molar-refractivity contribution >= 4 is 5.78 Å². The Hall–Kier alpha value is -0.630. The van der Waals surface area contributed by atoms with Gasteiger partial charge in [-0.3, -0.25) is 4.79 Å². The predicted octanol–water partition coefficient (Wildman–Crippen LogP) is 8.39. The van der Waals surface area contributed by atoms with E-state index < -0.39 is 0 Å². The number of hydrogen-bond donors (Lipinski definition) is 0. The number of carbonyl (C=O) groups is 1. The summed E-state index contributed by atoms with van der Waals surface area (Å²) >= 11 is 0. The van der Waals surface area contributed by atoms with Gasteiger partial charge in [-0.2, -0.15) is 0 Å². The standard InChI is InChI=1S/C31H52O2/c1-20(2)10-9-11-21(3)24-12-13-25-28-26(15-17-31(24,25)8)30(7)16-14-23(33-29(4,5)6)18-22(30)19-27(28)32/h19-21,23-26,28H,9-18H2,1-8H3/t21?,23?,24-,25?,26?,28?,30+,31-/m0/s1. The largest absolute Gasteiger partial charge is 0.372 e. The van der Waals surface area contributed by atoms with Gasteiger partial charge in [-0.1, -0.05) is 59.5 Å². The van der Waals surface area contributed by atoms with Crippen LogP contribution in [-0.4, -0.2) is 17.5 Å². The van der Waals surface area contributed by atoms with Crippen LogP contribution in [0, 0.1) is 46.3 Å². The number of ether oxygens (including phenoxy) is 1. The second-order valence-electron chi connectivity index (χ2n) is 14.4. The van der Waals surface area contributed by atoms with Gasteiger partial charge in [0.1, 0.15) is 0 Å². The Morgan fingerprint density at radius 2 is 1.73 bits per heavy atom. The number of hydrogen-bond acceptors (Lipinski definition) is 2. The Labute approximate surface area is 204 Å². The van der Waals surface area contributed by atoms with Crippen LogP contribution in [0.15, 0.2) is 11.6 Å². The monoisotopic (exact) mass is 456 g/mol. The number of rotatable bonds is 6. The predicted molar refractivity (Wildman–Crippen MR) is 138 cm³/mol. The normalized spacial score (nSPS) is 41.9. The first kappa shape index (κ1) is 25.5. The maximum absolute atomic E-state index is 13.7. The molecule has 0 heterocycles. The zero-order chi connectivity index (χ0) is 24.2. The SMILES string of the molecule is CC(C)CCCC(C)[C@@H]1CCC2C3C(=O)C=C4CC(OC(C)(C)C)CC[C@@]4(C)C3CC[C@]21C. The van der Waals surface area contributed by atoms with Gasteiger partial charge in [-0.15, -0.1) is 0 Å². The Morgan fingerprint density at radius 1 is 1.00 bits per heavy atom. The van der Waals surface area contributed by atoms with Crippen LogP contribution in [-0.2, 0) is 9.53 Å². The molecule has 0 N–H and O–H groups in total. The number of allylic oxidation sites excluding steroid dienone is 1. The van der Waals surface area contributed by atoms with Crippen molar-refractivity contribution in [2.45, 2.75) is 131 Å². The van der Waals surface area contributed by atoms with E-state index in [2.05, 4.69) is 61.5 Å². The third kappa shape index (κ3) is 4.76. The summed E-state index contributed by atoms with van der Waals surface area (Å²) in [6.07, 6.45) is 14.9. The van der Waals surface area contributed by atoms with Gasteiger partial charge in [0.2, 0.25) is 0 Å². The van der Waals surface area contributed by atoms with Gasteiger partial charge < -0.3 is 4.74 Å². The summed E-state index contributed by atoms with van der Waals surface area (Å²) in [6, 6.07) is 0. The molecule has 3 fully saturated rings. The lowest BCUT2D eigenvalue weighted by Crippen LogP contribution is -2.54. The van der Waals surface area contributed by atoms with Gasteiger partial charge in [0, 0.05) is 5.92 Å². The average molecular weight is 457 g/mol. The summed E-state index contributed by atoms with van der Waals surface area (Å²) in [5.74, 6) is 4.29. The fourth-order valence-corrected chi connectivity index (χ4v) is 8.99. The molecule has 0 amide bonds. The fourth-order valence-electron chi connectivity index (χ4n) is 8.99. The van der Waals surface area contributed by atoms with Crippen LogP contribution in [0.2, 0.25) is 0 Å². The van der Waals surface area contributed by atoms with Gasteiger partial charge in [0.15, 0.2) is 5.78 Å². The second kappa shape index (κ2) is 9.11. The van der Waals surface area contributed by atoms with Crippen LogP contribution in [0.25, 0.3) is 0 Å². The minimum atomic E-state index is -0.114. The molecule has 3 saturated carbocycles. The first-order chi connectivity index (χ1) is 15.3. The molecule has 188 valence electrons. The third-order valence-electron chi connectivity index (χ3n) is 10.6. The first-order valence-electron chi connectivity index (χ1n) is 14.3. The van der Waals surface area contributed by atoms with Crippen LogP contribution < -0.4 is 0 Å². The highest BCUT2D eigenvalue weighted by Crippen LogP contribution is 2.66. The van der Waals surface area contributed by atoms with E-state index in [1.54, 1.807) is 0 Å². The van der Waals surface area contributed by atoms with Gasteiger partial charge in [0.25, 0.3) is 0 Å². The molecule has 8 atom stereocenters. The Kier molecular flexibility index (Phi) is 7.03. The number of carbonyl (C=O) groups excluding carboxylic acids is 1. The van der Waals surface area contributed by atoms with E-state index in [1.807, 2.05) is 0 Å². The van der Waals surface area contributed by atoms with Crippen molar-refractivity contribution in [1.82, 2.24) is 0 Å². The van der Waals surface area contributed by atoms with Gasteiger partial charge in [-0.05, 0) is 112 Å². The summed E-state index contributed by atoms with van der Waals surface area (Å²) in [5, 5.41) is 0. The van der Waals surface area contributed by atoms with Crippen molar-refractivity contribution in [2.75, 3.05) is 0 Å². The topological polar surface area (TPSA) is 26.3 Å². The molecular formula is C31H52O2. The van der Waals surface area contributed by atoms with Gasteiger partial charge in [-0.25, -0.2) is 0 Å². The van der Waals surface area contributed by atoms with Crippen molar-refractivity contribution in [3.8, 4) is 0 Å². The molecule has 0 aromatic rings. The van der Waals surface area contributed by atoms with Crippen LogP contribution in [0.4, 0.5) is 0 Å². The van der Waals surface area contributed by atoms with Gasteiger partial charge >= 0.3 is 0 Å². The smallest absolute Gasteiger partial charge is 0.159 e. The molecule has 5 unspecified atom stereocenters.